The van der Waals surface area contributed by atoms with Gasteiger partial charge < -0.3 is 19.5 Å². The molecule has 0 fully saturated rings. The zero-order valence-corrected chi connectivity index (χ0v) is 19.9. The van der Waals surface area contributed by atoms with Crippen LogP contribution in [-0.4, -0.2) is 35.1 Å². The highest BCUT2D eigenvalue weighted by molar-refractivity contribution is 5.91. The molecule has 0 aliphatic heterocycles. The first kappa shape index (κ1) is 24.8. The lowest BCUT2D eigenvalue weighted by atomic mass is 10.0. The van der Waals surface area contributed by atoms with Crippen LogP contribution in [0.3, 0.4) is 0 Å². The molecule has 34 heavy (non-hydrogen) atoms. The lowest BCUT2D eigenvalue weighted by Gasteiger charge is -2.23. The van der Waals surface area contributed by atoms with E-state index in [-0.39, 0.29) is 29.7 Å². The summed E-state index contributed by atoms with van der Waals surface area (Å²) in [5.74, 6) is -0.167. The van der Waals surface area contributed by atoms with E-state index in [4.69, 9.17) is 9.47 Å². The summed E-state index contributed by atoms with van der Waals surface area (Å²) in [4.78, 5) is 26.6. The fourth-order valence-electron chi connectivity index (χ4n) is 3.54. The highest BCUT2D eigenvalue weighted by atomic mass is 16.5. The lowest BCUT2D eigenvalue weighted by Crippen LogP contribution is -2.34. The SMILES string of the molecule is CCOc1ccc(CN(Cc2ccccc2)C(=O)COc2ccc(C(C)C)cc2C(=O)O)cc1. The molecule has 0 spiro atoms. The zero-order valence-electron chi connectivity index (χ0n) is 19.9. The summed E-state index contributed by atoms with van der Waals surface area (Å²) in [6.45, 7) is 7.05. The van der Waals surface area contributed by atoms with Crippen LogP contribution in [0, 0.1) is 0 Å². The van der Waals surface area contributed by atoms with Crippen molar-refractivity contribution in [3.63, 3.8) is 0 Å². The Morgan fingerprint density at radius 3 is 2.12 bits per heavy atom. The fourth-order valence-corrected chi connectivity index (χ4v) is 3.54. The van der Waals surface area contributed by atoms with Gasteiger partial charge in [0.1, 0.15) is 17.1 Å². The van der Waals surface area contributed by atoms with Gasteiger partial charge in [-0.3, -0.25) is 4.79 Å². The molecule has 0 unspecified atom stereocenters. The maximum absolute atomic E-state index is 13.2. The number of hydrogen-bond acceptors (Lipinski definition) is 4. The molecular formula is C28H31NO5. The van der Waals surface area contributed by atoms with Crippen LogP contribution in [0.4, 0.5) is 0 Å². The van der Waals surface area contributed by atoms with Crippen LogP contribution < -0.4 is 9.47 Å². The summed E-state index contributed by atoms with van der Waals surface area (Å²) >= 11 is 0. The highest BCUT2D eigenvalue weighted by Crippen LogP contribution is 2.25. The van der Waals surface area contributed by atoms with Gasteiger partial charge in [-0.05, 0) is 53.8 Å². The molecule has 1 amide bonds. The number of amides is 1. The van der Waals surface area contributed by atoms with E-state index in [2.05, 4.69) is 0 Å². The second-order valence-electron chi connectivity index (χ2n) is 8.32. The van der Waals surface area contributed by atoms with Gasteiger partial charge in [0, 0.05) is 13.1 Å². The minimum absolute atomic E-state index is 0.0557. The van der Waals surface area contributed by atoms with Gasteiger partial charge in [-0.15, -0.1) is 0 Å². The average Bonchev–Trinajstić information content (AvgIpc) is 2.84. The number of rotatable bonds is 11. The second kappa shape index (κ2) is 11.9. The average molecular weight is 462 g/mol. The monoisotopic (exact) mass is 461 g/mol. The quantitative estimate of drug-likeness (QED) is 0.407. The topological polar surface area (TPSA) is 76.1 Å². The molecule has 0 bridgehead atoms. The van der Waals surface area contributed by atoms with Crippen molar-refractivity contribution in [3.8, 4) is 11.5 Å². The molecule has 6 nitrogen and oxygen atoms in total. The Kier molecular flexibility index (Phi) is 8.68. The standard InChI is InChI=1S/C28H31NO5/c1-4-33-24-13-10-22(11-14-24)18-29(17-21-8-6-5-7-9-21)27(30)19-34-26-15-12-23(20(2)3)16-25(26)28(31)32/h5-16,20H,4,17-19H2,1-3H3,(H,31,32). The van der Waals surface area contributed by atoms with Gasteiger partial charge in [0.25, 0.3) is 5.91 Å². The van der Waals surface area contributed by atoms with E-state index in [9.17, 15) is 14.7 Å². The summed E-state index contributed by atoms with van der Waals surface area (Å²) in [6.07, 6.45) is 0. The number of hydrogen-bond donors (Lipinski definition) is 1. The predicted octanol–water partition coefficient (Wildman–Crippen LogP) is 5.51. The molecule has 0 atom stereocenters. The molecule has 178 valence electrons. The van der Waals surface area contributed by atoms with Gasteiger partial charge in [0.15, 0.2) is 6.61 Å². The molecule has 0 saturated heterocycles. The van der Waals surface area contributed by atoms with Crippen LogP contribution in [0.15, 0.2) is 72.8 Å². The van der Waals surface area contributed by atoms with Gasteiger partial charge in [-0.1, -0.05) is 62.4 Å². The molecule has 3 aromatic carbocycles. The van der Waals surface area contributed by atoms with Gasteiger partial charge in [0.05, 0.1) is 6.61 Å². The largest absolute Gasteiger partial charge is 0.494 e. The number of carbonyl (C=O) groups is 2. The smallest absolute Gasteiger partial charge is 0.339 e. The fraction of sp³-hybridized carbons (Fsp3) is 0.286. The first-order chi connectivity index (χ1) is 16.4. The Hall–Kier alpha value is -3.80. The minimum atomic E-state index is -1.08. The molecule has 0 aromatic heterocycles. The van der Waals surface area contributed by atoms with Gasteiger partial charge in [-0.25, -0.2) is 4.79 Å². The van der Waals surface area contributed by atoms with Gasteiger partial charge in [-0.2, -0.15) is 0 Å². The third-order valence-corrected chi connectivity index (χ3v) is 5.43. The Morgan fingerprint density at radius 1 is 0.882 bits per heavy atom. The third-order valence-electron chi connectivity index (χ3n) is 5.43. The number of benzene rings is 3. The second-order valence-corrected chi connectivity index (χ2v) is 8.32. The Balaban J connectivity index is 1.76. The van der Waals surface area contributed by atoms with Crippen molar-refractivity contribution in [2.75, 3.05) is 13.2 Å². The maximum atomic E-state index is 13.2. The number of carbonyl (C=O) groups excluding carboxylic acids is 1. The van der Waals surface area contributed by atoms with E-state index in [1.54, 1.807) is 17.0 Å². The minimum Gasteiger partial charge on any atom is -0.494 e. The van der Waals surface area contributed by atoms with E-state index in [0.717, 1.165) is 22.4 Å². The van der Waals surface area contributed by atoms with Crippen molar-refractivity contribution in [1.82, 2.24) is 4.90 Å². The van der Waals surface area contributed by atoms with Crippen LogP contribution in [-0.2, 0) is 17.9 Å². The molecule has 0 saturated carbocycles. The van der Waals surface area contributed by atoms with Crippen LogP contribution in [0.2, 0.25) is 0 Å². The number of aromatic carboxylic acids is 1. The lowest BCUT2D eigenvalue weighted by molar-refractivity contribution is -0.134. The molecule has 3 aromatic rings. The van der Waals surface area contributed by atoms with E-state index in [0.29, 0.717) is 19.7 Å². The van der Waals surface area contributed by atoms with Crippen molar-refractivity contribution in [2.45, 2.75) is 39.8 Å². The molecule has 0 radical (unpaired) electrons. The van der Waals surface area contributed by atoms with E-state index >= 15 is 0 Å². The van der Waals surface area contributed by atoms with Crippen molar-refractivity contribution < 1.29 is 24.2 Å². The first-order valence-electron chi connectivity index (χ1n) is 11.4. The van der Waals surface area contributed by atoms with Crippen molar-refractivity contribution in [2.24, 2.45) is 0 Å². The van der Waals surface area contributed by atoms with Gasteiger partial charge in [0.2, 0.25) is 0 Å². The molecule has 3 rings (SSSR count). The van der Waals surface area contributed by atoms with E-state index < -0.39 is 5.97 Å². The number of carboxylic acid groups (broad SMARTS) is 1. The Bertz CT molecular complexity index is 1090. The van der Waals surface area contributed by atoms with E-state index in [1.165, 1.54) is 0 Å². The highest BCUT2D eigenvalue weighted by Gasteiger charge is 2.19. The third kappa shape index (κ3) is 6.85. The van der Waals surface area contributed by atoms with Crippen LogP contribution in [0.5, 0.6) is 11.5 Å². The van der Waals surface area contributed by atoms with Gasteiger partial charge >= 0.3 is 5.97 Å². The predicted molar refractivity (Wildman–Crippen MR) is 131 cm³/mol. The summed E-state index contributed by atoms with van der Waals surface area (Å²) in [5, 5.41) is 9.61. The van der Waals surface area contributed by atoms with E-state index in [1.807, 2.05) is 81.4 Å². The summed E-state index contributed by atoms with van der Waals surface area (Å²) in [5.41, 5.74) is 2.91. The molecule has 0 heterocycles. The van der Waals surface area contributed by atoms with Crippen molar-refractivity contribution in [1.29, 1.82) is 0 Å². The zero-order chi connectivity index (χ0) is 24.5. The van der Waals surface area contributed by atoms with Crippen molar-refractivity contribution >= 4 is 11.9 Å². The molecule has 0 aliphatic carbocycles. The van der Waals surface area contributed by atoms with Crippen LogP contribution >= 0.6 is 0 Å². The number of ether oxygens (including phenoxy) is 2. The first-order valence-corrected chi connectivity index (χ1v) is 11.4. The molecule has 0 aliphatic rings. The Labute approximate surface area is 200 Å². The summed E-state index contributed by atoms with van der Waals surface area (Å²) in [7, 11) is 0. The Morgan fingerprint density at radius 2 is 1.53 bits per heavy atom. The number of carboxylic acids is 1. The molecular weight excluding hydrogens is 430 g/mol. The molecule has 6 heteroatoms. The van der Waals surface area contributed by atoms with Crippen LogP contribution in [0.25, 0.3) is 0 Å². The number of nitrogens with zero attached hydrogens (tertiary/aromatic N) is 1. The normalized spacial score (nSPS) is 10.7. The van der Waals surface area contributed by atoms with Crippen LogP contribution in [0.1, 0.15) is 53.7 Å². The molecule has 1 N–H and O–H groups in total. The maximum Gasteiger partial charge on any atom is 0.339 e. The summed E-state index contributed by atoms with van der Waals surface area (Å²) in [6, 6.07) is 22.4. The van der Waals surface area contributed by atoms with Crippen molar-refractivity contribution in [3.05, 3.63) is 95.1 Å². The summed E-state index contributed by atoms with van der Waals surface area (Å²) < 4.78 is 11.2.